The first-order valence-corrected chi connectivity index (χ1v) is 9.35. The molecule has 3 rings (SSSR count). The van der Waals surface area contributed by atoms with E-state index >= 15 is 0 Å². The topological polar surface area (TPSA) is 45.7 Å². The molecule has 1 aromatic carbocycles. The lowest BCUT2D eigenvalue weighted by atomic mass is 10.2. The van der Waals surface area contributed by atoms with Crippen LogP contribution in [-0.4, -0.2) is 48.1 Å². The molecule has 1 amide bonds. The number of nitrogens with zero attached hydrogens (tertiary/aromatic N) is 3. The minimum absolute atomic E-state index is 0.0789. The second-order valence-electron chi connectivity index (χ2n) is 5.96. The standard InChI is InChI=1S/C18H18Cl3N3O2/c1-12(26-15-4-2-3-14(20)17(15)21)18(25)24-9-7-23(8-10-24)16-6-5-13(19)11-22-16/h2-6,11-12H,7-10H2,1H3. The van der Waals surface area contributed by atoms with Gasteiger partial charge in [0, 0.05) is 32.4 Å². The summed E-state index contributed by atoms with van der Waals surface area (Å²) in [4.78, 5) is 20.9. The number of anilines is 1. The average molecular weight is 415 g/mol. The zero-order valence-electron chi connectivity index (χ0n) is 14.2. The van der Waals surface area contributed by atoms with Gasteiger partial charge in [-0.3, -0.25) is 4.79 Å². The van der Waals surface area contributed by atoms with E-state index in [0.717, 1.165) is 5.82 Å². The van der Waals surface area contributed by atoms with E-state index in [2.05, 4.69) is 9.88 Å². The molecule has 26 heavy (non-hydrogen) atoms. The van der Waals surface area contributed by atoms with Gasteiger partial charge in [0.2, 0.25) is 0 Å². The van der Waals surface area contributed by atoms with Crippen LogP contribution in [0.1, 0.15) is 6.92 Å². The van der Waals surface area contributed by atoms with Gasteiger partial charge in [-0.2, -0.15) is 0 Å². The molecule has 8 heteroatoms. The lowest BCUT2D eigenvalue weighted by Crippen LogP contribution is -2.52. The first-order valence-electron chi connectivity index (χ1n) is 8.21. The molecular formula is C18H18Cl3N3O2. The highest BCUT2D eigenvalue weighted by Crippen LogP contribution is 2.32. The average Bonchev–Trinajstić information content (AvgIpc) is 2.65. The third-order valence-electron chi connectivity index (χ3n) is 4.19. The Morgan fingerprint density at radius 3 is 2.50 bits per heavy atom. The molecule has 1 atom stereocenters. The molecule has 0 aliphatic carbocycles. The molecule has 0 N–H and O–H groups in total. The monoisotopic (exact) mass is 413 g/mol. The van der Waals surface area contributed by atoms with Gasteiger partial charge < -0.3 is 14.5 Å². The summed E-state index contributed by atoms with van der Waals surface area (Å²) >= 11 is 18.0. The van der Waals surface area contributed by atoms with E-state index in [1.807, 2.05) is 12.1 Å². The third-order valence-corrected chi connectivity index (χ3v) is 5.22. The van der Waals surface area contributed by atoms with Gasteiger partial charge in [0.1, 0.15) is 16.6 Å². The molecule has 0 spiro atoms. The molecule has 1 saturated heterocycles. The maximum Gasteiger partial charge on any atom is 0.263 e. The van der Waals surface area contributed by atoms with Crippen molar-refractivity contribution in [3.63, 3.8) is 0 Å². The van der Waals surface area contributed by atoms with Crippen LogP contribution in [0.15, 0.2) is 36.5 Å². The minimum Gasteiger partial charge on any atom is -0.479 e. The number of benzene rings is 1. The van der Waals surface area contributed by atoms with Gasteiger partial charge in [0.15, 0.2) is 6.10 Å². The van der Waals surface area contributed by atoms with Gasteiger partial charge in [0.25, 0.3) is 5.91 Å². The summed E-state index contributed by atoms with van der Waals surface area (Å²) in [6.45, 7) is 4.31. The van der Waals surface area contributed by atoms with E-state index in [4.69, 9.17) is 39.5 Å². The van der Waals surface area contributed by atoms with Crippen molar-refractivity contribution in [1.82, 2.24) is 9.88 Å². The first-order chi connectivity index (χ1) is 12.5. The predicted octanol–water partition coefficient (Wildman–Crippen LogP) is 4.16. The SMILES string of the molecule is CC(Oc1cccc(Cl)c1Cl)C(=O)N1CCN(c2ccc(Cl)cn2)CC1. The highest BCUT2D eigenvalue weighted by molar-refractivity contribution is 6.42. The number of piperazine rings is 1. The Bertz CT molecular complexity index is 778. The highest BCUT2D eigenvalue weighted by atomic mass is 35.5. The predicted molar refractivity (Wildman–Crippen MR) is 105 cm³/mol. The summed E-state index contributed by atoms with van der Waals surface area (Å²) in [5.74, 6) is 1.19. The second kappa shape index (κ2) is 8.33. The van der Waals surface area contributed by atoms with Gasteiger partial charge in [-0.25, -0.2) is 4.98 Å². The quantitative estimate of drug-likeness (QED) is 0.754. The van der Waals surface area contributed by atoms with E-state index in [0.29, 0.717) is 47.0 Å². The normalized spacial score (nSPS) is 15.7. The van der Waals surface area contributed by atoms with Crippen LogP contribution < -0.4 is 9.64 Å². The molecule has 1 aliphatic rings. The van der Waals surface area contributed by atoms with Gasteiger partial charge in [-0.1, -0.05) is 40.9 Å². The Kier molecular flexibility index (Phi) is 6.12. The molecule has 1 fully saturated rings. The van der Waals surface area contributed by atoms with E-state index in [-0.39, 0.29) is 5.91 Å². The number of amides is 1. The van der Waals surface area contributed by atoms with E-state index in [1.165, 1.54) is 0 Å². The number of carbonyl (C=O) groups excluding carboxylic acids is 1. The number of hydrogen-bond donors (Lipinski definition) is 0. The van der Waals surface area contributed by atoms with Crippen molar-refractivity contribution in [2.24, 2.45) is 0 Å². The van der Waals surface area contributed by atoms with Crippen LogP contribution in [-0.2, 0) is 4.79 Å². The van der Waals surface area contributed by atoms with Gasteiger partial charge in [0.05, 0.1) is 10.0 Å². The van der Waals surface area contributed by atoms with Crippen LogP contribution in [0, 0.1) is 0 Å². The third kappa shape index (κ3) is 4.34. The molecule has 5 nitrogen and oxygen atoms in total. The Labute approximate surface area is 167 Å². The number of ether oxygens (including phenoxy) is 1. The summed E-state index contributed by atoms with van der Waals surface area (Å²) in [5, 5.41) is 1.31. The fraction of sp³-hybridized carbons (Fsp3) is 0.333. The van der Waals surface area contributed by atoms with Gasteiger partial charge in [-0.15, -0.1) is 0 Å². The number of halogens is 3. The van der Waals surface area contributed by atoms with Crippen LogP contribution >= 0.6 is 34.8 Å². The highest BCUT2D eigenvalue weighted by Gasteiger charge is 2.27. The summed E-state index contributed by atoms with van der Waals surface area (Å²) in [6, 6.07) is 8.80. The summed E-state index contributed by atoms with van der Waals surface area (Å²) < 4.78 is 5.72. The summed E-state index contributed by atoms with van der Waals surface area (Å²) in [7, 11) is 0. The number of carbonyl (C=O) groups is 1. The summed E-state index contributed by atoms with van der Waals surface area (Å²) in [5.41, 5.74) is 0. The van der Waals surface area contributed by atoms with Crippen molar-refractivity contribution in [1.29, 1.82) is 0 Å². The lowest BCUT2D eigenvalue weighted by Gasteiger charge is -2.36. The van der Waals surface area contributed by atoms with Crippen LogP contribution in [0.2, 0.25) is 15.1 Å². The first kappa shape index (κ1) is 19.1. The van der Waals surface area contributed by atoms with Crippen LogP contribution in [0.5, 0.6) is 5.75 Å². The number of aromatic nitrogens is 1. The lowest BCUT2D eigenvalue weighted by molar-refractivity contribution is -0.138. The Morgan fingerprint density at radius 2 is 1.85 bits per heavy atom. The molecule has 138 valence electrons. The molecule has 0 radical (unpaired) electrons. The minimum atomic E-state index is -0.647. The van der Waals surface area contributed by atoms with Crippen molar-refractivity contribution >= 4 is 46.5 Å². The summed E-state index contributed by atoms with van der Waals surface area (Å²) in [6.07, 6.45) is 0.977. The Morgan fingerprint density at radius 1 is 1.12 bits per heavy atom. The smallest absolute Gasteiger partial charge is 0.263 e. The molecule has 0 bridgehead atoms. The van der Waals surface area contributed by atoms with Crippen LogP contribution in [0.25, 0.3) is 0 Å². The molecular weight excluding hydrogens is 397 g/mol. The van der Waals surface area contributed by atoms with Crippen molar-refractivity contribution in [2.45, 2.75) is 13.0 Å². The van der Waals surface area contributed by atoms with Crippen LogP contribution in [0.4, 0.5) is 5.82 Å². The Balaban J connectivity index is 1.57. The maximum absolute atomic E-state index is 12.7. The van der Waals surface area contributed by atoms with Crippen molar-refractivity contribution in [3.05, 3.63) is 51.6 Å². The van der Waals surface area contributed by atoms with Gasteiger partial charge in [-0.05, 0) is 31.2 Å². The number of hydrogen-bond acceptors (Lipinski definition) is 4. The zero-order valence-corrected chi connectivity index (χ0v) is 16.4. The van der Waals surface area contributed by atoms with E-state index in [9.17, 15) is 4.79 Å². The van der Waals surface area contributed by atoms with Crippen LogP contribution in [0.3, 0.4) is 0 Å². The van der Waals surface area contributed by atoms with Crippen molar-refractivity contribution in [3.8, 4) is 5.75 Å². The maximum atomic E-state index is 12.7. The molecule has 1 aliphatic heterocycles. The molecule has 2 heterocycles. The van der Waals surface area contributed by atoms with E-state index < -0.39 is 6.10 Å². The molecule has 2 aromatic rings. The fourth-order valence-electron chi connectivity index (χ4n) is 2.78. The molecule has 1 unspecified atom stereocenters. The molecule has 1 aromatic heterocycles. The van der Waals surface area contributed by atoms with E-state index in [1.54, 1.807) is 36.2 Å². The molecule has 0 saturated carbocycles. The zero-order chi connectivity index (χ0) is 18.7. The van der Waals surface area contributed by atoms with Gasteiger partial charge >= 0.3 is 0 Å². The number of pyridine rings is 1. The Hall–Kier alpha value is -1.69. The van der Waals surface area contributed by atoms with Crippen molar-refractivity contribution < 1.29 is 9.53 Å². The largest absolute Gasteiger partial charge is 0.479 e. The van der Waals surface area contributed by atoms with Crippen molar-refractivity contribution in [2.75, 3.05) is 31.1 Å². The number of rotatable bonds is 4. The fourth-order valence-corrected chi connectivity index (χ4v) is 3.23. The second-order valence-corrected chi connectivity index (χ2v) is 7.18.